The van der Waals surface area contributed by atoms with Crippen molar-refractivity contribution in [3.8, 4) is 5.75 Å². The van der Waals surface area contributed by atoms with Gasteiger partial charge in [0.1, 0.15) is 5.75 Å². The Morgan fingerprint density at radius 2 is 1.72 bits per heavy atom. The fourth-order valence-electron chi connectivity index (χ4n) is 4.58. The third-order valence-corrected chi connectivity index (χ3v) is 6.55. The van der Waals surface area contributed by atoms with E-state index in [-0.39, 0.29) is 17.9 Å². The molecule has 0 radical (unpaired) electrons. The second kappa shape index (κ2) is 10.1. The number of nitrogens with one attached hydrogen (secondary N) is 2. The SMILES string of the molecule is COc1ccccc1NC(=O)c1ccc(NC(=O)C(C)N2CCC(N3CCCC3)C2)cc1. The minimum Gasteiger partial charge on any atom is -0.495 e. The summed E-state index contributed by atoms with van der Waals surface area (Å²) in [5.74, 6) is 0.358. The second-order valence-electron chi connectivity index (χ2n) is 8.58. The number of carbonyl (C=O) groups is 2. The highest BCUT2D eigenvalue weighted by Gasteiger charge is 2.33. The molecule has 2 fully saturated rings. The highest BCUT2D eigenvalue weighted by molar-refractivity contribution is 6.05. The predicted octanol–water partition coefficient (Wildman–Crippen LogP) is 3.44. The third kappa shape index (κ3) is 5.11. The largest absolute Gasteiger partial charge is 0.495 e. The minimum atomic E-state index is -0.231. The van der Waals surface area contributed by atoms with Crippen LogP contribution in [0.2, 0.25) is 0 Å². The van der Waals surface area contributed by atoms with Gasteiger partial charge in [-0.3, -0.25) is 19.4 Å². The highest BCUT2D eigenvalue weighted by atomic mass is 16.5. The molecule has 2 aliphatic heterocycles. The maximum Gasteiger partial charge on any atom is 0.255 e. The van der Waals surface area contributed by atoms with Gasteiger partial charge in [-0.15, -0.1) is 0 Å². The summed E-state index contributed by atoms with van der Waals surface area (Å²) in [5.41, 5.74) is 1.81. The molecule has 2 saturated heterocycles. The normalized spacial score (nSPS) is 20.1. The van der Waals surface area contributed by atoms with Crippen LogP contribution in [0, 0.1) is 0 Å². The van der Waals surface area contributed by atoms with E-state index in [0.717, 1.165) is 19.5 Å². The monoisotopic (exact) mass is 436 g/mol. The van der Waals surface area contributed by atoms with Crippen LogP contribution in [0.25, 0.3) is 0 Å². The number of rotatable bonds is 7. The number of hydrogen-bond donors (Lipinski definition) is 2. The zero-order chi connectivity index (χ0) is 22.5. The summed E-state index contributed by atoms with van der Waals surface area (Å²) < 4.78 is 5.28. The Kier molecular flexibility index (Phi) is 7.07. The quantitative estimate of drug-likeness (QED) is 0.696. The lowest BCUT2D eigenvalue weighted by molar-refractivity contribution is -0.120. The molecule has 2 aromatic rings. The maximum atomic E-state index is 12.8. The molecule has 4 rings (SSSR count). The van der Waals surface area contributed by atoms with Gasteiger partial charge in [0.2, 0.25) is 5.91 Å². The zero-order valence-corrected chi connectivity index (χ0v) is 18.8. The number of ether oxygens (including phenoxy) is 1. The summed E-state index contributed by atoms with van der Waals surface area (Å²) >= 11 is 0. The predicted molar refractivity (Wildman–Crippen MR) is 126 cm³/mol. The van der Waals surface area contributed by atoms with Crippen molar-refractivity contribution in [3.05, 3.63) is 54.1 Å². The molecule has 32 heavy (non-hydrogen) atoms. The smallest absolute Gasteiger partial charge is 0.255 e. The molecule has 2 amide bonds. The first-order chi connectivity index (χ1) is 15.5. The van der Waals surface area contributed by atoms with E-state index in [4.69, 9.17) is 4.74 Å². The Morgan fingerprint density at radius 3 is 2.44 bits per heavy atom. The number of benzene rings is 2. The van der Waals surface area contributed by atoms with Crippen LogP contribution < -0.4 is 15.4 Å². The lowest BCUT2D eigenvalue weighted by Gasteiger charge is -2.26. The van der Waals surface area contributed by atoms with Crippen molar-refractivity contribution in [1.29, 1.82) is 0 Å². The van der Waals surface area contributed by atoms with Gasteiger partial charge in [0, 0.05) is 30.4 Å². The number of anilines is 2. The molecule has 2 aliphatic rings. The Balaban J connectivity index is 1.31. The average Bonchev–Trinajstić information content (AvgIpc) is 3.51. The molecule has 0 saturated carbocycles. The van der Waals surface area contributed by atoms with E-state index in [1.165, 1.54) is 25.9 Å². The number of para-hydroxylation sites is 2. The maximum absolute atomic E-state index is 12.8. The molecule has 2 aromatic carbocycles. The summed E-state index contributed by atoms with van der Waals surface area (Å²) in [6.45, 7) is 6.26. The van der Waals surface area contributed by atoms with E-state index in [1.54, 1.807) is 43.5 Å². The van der Waals surface area contributed by atoms with Gasteiger partial charge >= 0.3 is 0 Å². The number of methoxy groups -OCH3 is 1. The van der Waals surface area contributed by atoms with Crippen molar-refractivity contribution in [1.82, 2.24) is 9.80 Å². The van der Waals surface area contributed by atoms with E-state index in [2.05, 4.69) is 20.4 Å². The van der Waals surface area contributed by atoms with Gasteiger partial charge < -0.3 is 15.4 Å². The van der Waals surface area contributed by atoms with Crippen molar-refractivity contribution in [3.63, 3.8) is 0 Å². The second-order valence-corrected chi connectivity index (χ2v) is 8.58. The Labute approximate surface area is 189 Å². The van der Waals surface area contributed by atoms with Crippen LogP contribution in [-0.4, -0.2) is 67.0 Å². The first kappa shape index (κ1) is 22.3. The topological polar surface area (TPSA) is 73.9 Å². The van der Waals surface area contributed by atoms with Crippen LogP contribution in [0.3, 0.4) is 0 Å². The molecule has 0 aromatic heterocycles. The fraction of sp³-hybridized carbons (Fsp3) is 0.440. The van der Waals surface area contributed by atoms with Crippen LogP contribution in [-0.2, 0) is 4.79 Å². The van der Waals surface area contributed by atoms with Crippen LogP contribution >= 0.6 is 0 Å². The van der Waals surface area contributed by atoms with Crippen LogP contribution in [0.4, 0.5) is 11.4 Å². The van der Waals surface area contributed by atoms with Crippen LogP contribution in [0.1, 0.15) is 36.5 Å². The van der Waals surface area contributed by atoms with Gasteiger partial charge in [-0.05, 0) is 75.7 Å². The van der Waals surface area contributed by atoms with E-state index < -0.39 is 0 Å². The Hall–Kier alpha value is -2.90. The molecule has 7 nitrogen and oxygen atoms in total. The molecule has 2 unspecified atom stereocenters. The van der Waals surface area contributed by atoms with Gasteiger partial charge in [0.25, 0.3) is 5.91 Å². The molecule has 2 N–H and O–H groups in total. The summed E-state index contributed by atoms with van der Waals surface area (Å²) in [5, 5.41) is 5.85. The first-order valence-electron chi connectivity index (χ1n) is 11.4. The van der Waals surface area contributed by atoms with Crippen LogP contribution in [0.15, 0.2) is 48.5 Å². The fourth-order valence-corrected chi connectivity index (χ4v) is 4.58. The van der Waals surface area contributed by atoms with Crippen molar-refractivity contribution in [2.45, 2.75) is 38.3 Å². The Bertz CT molecular complexity index is 940. The highest BCUT2D eigenvalue weighted by Crippen LogP contribution is 2.24. The standard InChI is InChI=1S/C25H32N4O3/c1-18(29-16-13-21(17-29)28-14-5-6-15-28)24(30)26-20-11-9-19(10-12-20)25(31)27-22-7-3-4-8-23(22)32-2/h3-4,7-12,18,21H,5-6,13-17H2,1-2H3,(H,26,30)(H,27,31). The van der Waals surface area contributed by atoms with Gasteiger partial charge in [-0.1, -0.05) is 12.1 Å². The number of amides is 2. The summed E-state index contributed by atoms with van der Waals surface area (Å²) in [6.07, 6.45) is 3.71. The van der Waals surface area contributed by atoms with Gasteiger partial charge in [0.05, 0.1) is 18.8 Å². The third-order valence-electron chi connectivity index (χ3n) is 6.55. The molecule has 7 heteroatoms. The van der Waals surface area contributed by atoms with Crippen molar-refractivity contribution in [2.24, 2.45) is 0 Å². The molecule has 0 spiro atoms. The number of hydrogen-bond acceptors (Lipinski definition) is 5. The lowest BCUT2D eigenvalue weighted by Crippen LogP contribution is -2.43. The lowest BCUT2D eigenvalue weighted by atomic mass is 10.1. The minimum absolute atomic E-state index is 0.0155. The molecule has 170 valence electrons. The van der Waals surface area contributed by atoms with Gasteiger partial charge in [0.15, 0.2) is 0 Å². The Morgan fingerprint density at radius 1 is 1.00 bits per heavy atom. The van der Waals surface area contributed by atoms with Crippen LogP contribution in [0.5, 0.6) is 5.75 Å². The van der Waals surface area contributed by atoms with E-state index in [1.807, 2.05) is 19.1 Å². The van der Waals surface area contributed by atoms with Gasteiger partial charge in [-0.25, -0.2) is 0 Å². The molecule has 0 bridgehead atoms. The molecule has 2 heterocycles. The zero-order valence-electron chi connectivity index (χ0n) is 18.8. The summed E-state index contributed by atoms with van der Waals surface area (Å²) in [7, 11) is 1.57. The summed E-state index contributed by atoms with van der Waals surface area (Å²) in [4.78, 5) is 30.2. The van der Waals surface area contributed by atoms with Crippen molar-refractivity contribution < 1.29 is 14.3 Å². The van der Waals surface area contributed by atoms with Gasteiger partial charge in [-0.2, -0.15) is 0 Å². The molecular weight excluding hydrogens is 404 g/mol. The summed E-state index contributed by atoms with van der Waals surface area (Å²) in [6, 6.07) is 14.6. The van der Waals surface area contributed by atoms with Crippen molar-refractivity contribution >= 4 is 23.2 Å². The van der Waals surface area contributed by atoms with E-state index in [0.29, 0.717) is 28.7 Å². The average molecular weight is 437 g/mol. The molecule has 2 atom stereocenters. The van der Waals surface area contributed by atoms with E-state index >= 15 is 0 Å². The number of likely N-dealkylation sites (tertiary alicyclic amines) is 2. The molecule has 0 aliphatic carbocycles. The number of carbonyl (C=O) groups excluding carboxylic acids is 2. The first-order valence-corrected chi connectivity index (χ1v) is 11.4. The van der Waals surface area contributed by atoms with E-state index in [9.17, 15) is 9.59 Å². The number of nitrogens with zero attached hydrogens (tertiary/aromatic N) is 2. The van der Waals surface area contributed by atoms with Crippen molar-refractivity contribution in [2.75, 3.05) is 43.9 Å². The molecular formula is C25H32N4O3.